The summed E-state index contributed by atoms with van der Waals surface area (Å²) in [7, 11) is 0. The number of halogens is 1. The third-order valence-electron chi connectivity index (χ3n) is 3.30. The van der Waals surface area contributed by atoms with Crippen molar-refractivity contribution in [2.45, 2.75) is 24.3 Å². The number of benzene rings is 2. The minimum atomic E-state index is -0.171. The fourth-order valence-corrected chi connectivity index (χ4v) is 2.70. The summed E-state index contributed by atoms with van der Waals surface area (Å²) in [4.78, 5) is 1.26. The van der Waals surface area contributed by atoms with Crippen molar-refractivity contribution in [1.82, 2.24) is 5.32 Å². The SMILES string of the molecule is CCNC(Cc1cccc(F)c1)c1ccc(SC)cc1. The Bertz CT molecular complexity index is 539. The third-order valence-corrected chi connectivity index (χ3v) is 4.04. The van der Waals surface area contributed by atoms with Gasteiger partial charge >= 0.3 is 0 Å². The van der Waals surface area contributed by atoms with Crippen LogP contribution in [0.3, 0.4) is 0 Å². The molecule has 0 aliphatic rings. The van der Waals surface area contributed by atoms with Gasteiger partial charge in [0.05, 0.1) is 0 Å². The average molecular weight is 289 g/mol. The van der Waals surface area contributed by atoms with Crippen LogP contribution in [-0.4, -0.2) is 12.8 Å². The van der Waals surface area contributed by atoms with Crippen molar-refractivity contribution in [3.8, 4) is 0 Å². The van der Waals surface area contributed by atoms with Crippen molar-refractivity contribution >= 4 is 11.8 Å². The largest absolute Gasteiger partial charge is 0.310 e. The summed E-state index contributed by atoms with van der Waals surface area (Å²) < 4.78 is 13.3. The molecule has 0 saturated heterocycles. The van der Waals surface area contributed by atoms with Gasteiger partial charge < -0.3 is 5.32 Å². The maximum atomic E-state index is 13.3. The van der Waals surface area contributed by atoms with Crippen molar-refractivity contribution in [3.63, 3.8) is 0 Å². The Morgan fingerprint density at radius 2 is 1.90 bits per heavy atom. The van der Waals surface area contributed by atoms with E-state index >= 15 is 0 Å². The molecule has 0 spiro atoms. The Morgan fingerprint density at radius 1 is 1.15 bits per heavy atom. The van der Waals surface area contributed by atoms with Crippen molar-refractivity contribution in [2.24, 2.45) is 0 Å². The zero-order valence-electron chi connectivity index (χ0n) is 11.9. The van der Waals surface area contributed by atoms with Crippen LogP contribution in [0.15, 0.2) is 53.4 Å². The highest BCUT2D eigenvalue weighted by Gasteiger charge is 2.11. The Kier molecular flexibility index (Phi) is 5.62. The van der Waals surface area contributed by atoms with Crippen molar-refractivity contribution in [2.75, 3.05) is 12.8 Å². The summed E-state index contributed by atoms with van der Waals surface area (Å²) in [5, 5.41) is 3.48. The predicted octanol–water partition coefficient (Wildman–Crippen LogP) is 4.44. The van der Waals surface area contributed by atoms with Gasteiger partial charge in [0.1, 0.15) is 5.82 Å². The molecule has 1 atom stereocenters. The van der Waals surface area contributed by atoms with E-state index in [-0.39, 0.29) is 11.9 Å². The lowest BCUT2D eigenvalue weighted by Crippen LogP contribution is -2.22. The number of likely N-dealkylation sites (N-methyl/N-ethyl adjacent to an activating group) is 1. The van der Waals surface area contributed by atoms with Crippen molar-refractivity contribution < 1.29 is 4.39 Å². The van der Waals surface area contributed by atoms with E-state index in [1.165, 1.54) is 16.5 Å². The first kappa shape index (κ1) is 15.1. The fourth-order valence-electron chi connectivity index (χ4n) is 2.29. The molecular weight excluding hydrogens is 269 g/mol. The molecule has 2 aromatic rings. The molecule has 2 rings (SSSR count). The highest BCUT2D eigenvalue weighted by molar-refractivity contribution is 7.98. The lowest BCUT2D eigenvalue weighted by molar-refractivity contribution is 0.546. The lowest BCUT2D eigenvalue weighted by atomic mass is 9.99. The monoisotopic (exact) mass is 289 g/mol. The Balaban J connectivity index is 2.17. The van der Waals surface area contributed by atoms with Crippen LogP contribution >= 0.6 is 11.8 Å². The molecule has 3 heteroatoms. The topological polar surface area (TPSA) is 12.0 Å². The first-order valence-corrected chi connectivity index (χ1v) is 8.07. The molecular formula is C17H20FNS. The number of thioether (sulfide) groups is 1. The van der Waals surface area contributed by atoms with Gasteiger partial charge in [-0.1, -0.05) is 31.2 Å². The predicted molar refractivity (Wildman–Crippen MR) is 84.7 cm³/mol. The second kappa shape index (κ2) is 7.46. The molecule has 0 aliphatic carbocycles. The van der Waals surface area contributed by atoms with Crippen LogP contribution in [0, 0.1) is 5.82 Å². The van der Waals surface area contributed by atoms with Crippen LogP contribution < -0.4 is 5.32 Å². The molecule has 0 saturated carbocycles. The molecule has 106 valence electrons. The molecule has 0 heterocycles. The molecule has 0 aromatic heterocycles. The van der Waals surface area contributed by atoms with Gasteiger partial charge in [0.2, 0.25) is 0 Å². The molecule has 0 aliphatic heterocycles. The summed E-state index contributed by atoms with van der Waals surface area (Å²) in [6, 6.07) is 15.6. The Hall–Kier alpha value is -1.32. The average Bonchev–Trinajstić information content (AvgIpc) is 2.47. The van der Waals surface area contributed by atoms with Gasteiger partial charge in [-0.3, -0.25) is 0 Å². The van der Waals surface area contributed by atoms with E-state index in [1.54, 1.807) is 23.9 Å². The number of hydrogen-bond acceptors (Lipinski definition) is 2. The summed E-state index contributed by atoms with van der Waals surface area (Å²) >= 11 is 1.74. The van der Waals surface area contributed by atoms with E-state index in [0.29, 0.717) is 0 Å². The van der Waals surface area contributed by atoms with Crippen LogP contribution in [0.1, 0.15) is 24.1 Å². The van der Waals surface area contributed by atoms with Crippen LogP contribution in [0.2, 0.25) is 0 Å². The minimum Gasteiger partial charge on any atom is -0.310 e. The molecule has 0 bridgehead atoms. The number of rotatable bonds is 6. The molecule has 1 N–H and O–H groups in total. The zero-order chi connectivity index (χ0) is 14.4. The van der Waals surface area contributed by atoms with Crippen LogP contribution in [0.4, 0.5) is 4.39 Å². The highest BCUT2D eigenvalue weighted by Crippen LogP contribution is 2.22. The van der Waals surface area contributed by atoms with Crippen molar-refractivity contribution in [3.05, 3.63) is 65.5 Å². The normalized spacial score (nSPS) is 12.3. The van der Waals surface area contributed by atoms with Gasteiger partial charge in [-0.15, -0.1) is 11.8 Å². The molecule has 2 aromatic carbocycles. The van der Waals surface area contributed by atoms with Crippen LogP contribution in [0.25, 0.3) is 0 Å². The smallest absolute Gasteiger partial charge is 0.123 e. The van der Waals surface area contributed by atoms with Gasteiger partial charge in [0, 0.05) is 10.9 Å². The summed E-state index contributed by atoms with van der Waals surface area (Å²) in [5.74, 6) is -0.171. The lowest BCUT2D eigenvalue weighted by Gasteiger charge is -2.19. The summed E-state index contributed by atoms with van der Waals surface area (Å²) in [6.45, 7) is 2.99. The van der Waals surface area contributed by atoms with E-state index in [4.69, 9.17) is 0 Å². The summed E-state index contributed by atoms with van der Waals surface area (Å²) in [6.07, 6.45) is 2.87. The highest BCUT2D eigenvalue weighted by atomic mass is 32.2. The van der Waals surface area contributed by atoms with E-state index in [1.807, 2.05) is 6.07 Å². The number of hydrogen-bond donors (Lipinski definition) is 1. The van der Waals surface area contributed by atoms with Crippen LogP contribution in [0.5, 0.6) is 0 Å². The standard InChI is InChI=1S/C17H20FNS/c1-3-19-17(12-13-5-4-6-15(18)11-13)14-7-9-16(20-2)10-8-14/h4-11,17,19H,3,12H2,1-2H3. The zero-order valence-corrected chi connectivity index (χ0v) is 12.7. The third kappa shape index (κ3) is 4.09. The molecule has 1 unspecified atom stereocenters. The second-order valence-corrected chi connectivity index (χ2v) is 5.60. The minimum absolute atomic E-state index is 0.171. The van der Waals surface area contributed by atoms with Gasteiger partial charge in [-0.05, 0) is 54.6 Å². The molecule has 20 heavy (non-hydrogen) atoms. The molecule has 0 amide bonds. The van der Waals surface area contributed by atoms with Gasteiger partial charge in [0.15, 0.2) is 0 Å². The van der Waals surface area contributed by atoms with Crippen molar-refractivity contribution in [1.29, 1.82) is 0 Å². The first-order chi connectivity index (χ1) is 9.72. The molecule has 0 radical (unpaired) electrons. The van der Waals surface area contributed by atoms with E-state index in [0.717, 1.165) is 18.5 Å². The maximum Gasteiger partial charge on any atom is 0.123 e. The van der Waals surface area contributed by atoms with Gasteiger partial charge in [-0.2, -0.15) is 0 Å². The first-order valence-electron chi connectivity index (χ1n) is 6.84. The number of nitrogens with one attached hydrogen (secondary N) is 1. The second-order valence-electron chi connectivity index (χ2n) is 4.72. The van der Waals surface area contributed by atoms with E-state index in [2.05, 4.69) is 42.8 Å². The Morgan fingerprint density at radius 3 is 2.50 bits per heavy atom. The molecule has 1 nitrogen and oxygen atoms in total. The van der Waals surface area contributed by atoms with Crippen LogP contribution in [-0.2, 0) is 6.42 Å². The fraction of sp³-hybridized carbons (Fsp3) is 0.294. The Labute approximate surface area is 124 Å². The molecule has 0 fully saturated rings. The quantitative estimate of drug-likeness (QED) is 0.789. The van der Waals surface area contributed by atoms with Gasteiger partial charge in [-0.25, -0.2) is 4.39 Å². The van der Waals surface area contributed by atoms with E-state index < -0.39 is 0 Å². The maximum absolute atomic E-state index is 13.3. The summed E-state index contributed by atoms with van der Waals surface area (Å²) in [5.41, 5.74) is 2.26. The van der Waals surface area contributed by atoms with Gasteiger partial charge in [0.25, 0.3) is 0 Å². The van der Waals surface area contributed by atoms with E-state index in [9.17, 15) is 4.39 Å².